The summed E-state index contributed by atoms with van der Waals surface area (Å²) in [6, 6.07) is 7.02. The van der Waals surface area contributed by atoms with Gasteiger partial charge in [-0.25, -0.2) is 0 Å². The molecule has 0 aromatic heterocycles. The zero-order valence-electron chi connectivity index (χ0n) is 8.98. The summed E-state index contributed by atoms with van der Waals surface area (Å²) in [6.07, 6.45) is 2.25. The second-order valence-electron chi connectivity index (χ2n) is 4.00. The Labute approximate surface area is 94.0 Å². The van der Waals surface area contributed by atoms with Crippen molar-refractivity contribution in [2.24, 2.45) is 0 Å². The molecule has 2 N–H and O–H groups in total. The average Bonchev–Trinajstić information content (AvgIpc) is 2.30. The smallest absolute Gasteiger partial charge is 0.271 e. The van der Waals surface area contributed by atoms with E-state index in [1.54, 1.807) is 12.1 Å². The molecule has 0 aliphatic carbocycles. The molecule has 1 fully saturated rings. The van der Waals surface area contributed by atoms with Crippen molar-refractivity contribution >= 4 is 11.4 Å². The van der Waals surface area contributed by atoms with Gasteiger partial charge in [0.15, 0.2) is 0 Å². The molecule has 0 radical (unpaired) electrons. The molecule has 0 bridgehead atoms. The van der Waals surface area contributed by atoms with Crippen molar-refractivity contribution < 1.29 is 4.92 Å². The van der Waals surface area contributed by atoms with Crippen LogP contribution in [0.2, 0.25) is 0 Å². The number of benzene rings is 1. The molecule has 1 unspecified atom stereocenters. The highest BCUT2D eigenvalue weighted by molar-refractivity contribution is 5.51. The Morgan fingerprint density at radius 2 is 2.38 bits per heavy atom. The molecule has 1 heterocycles. The first kappa shape index (κ1) is 10.9. The van der Waals surface area contributed by atoms with Gasteiger partial charge in [-0.1, -0.05) is 6.07 Å². The number of nitro benzene ring substituents is 1. The highest BCUT2D eigenvalue weighted by atomic mass is 16.6. The number of nitrogens with zero attached hydrogens (tertiary/aromatic N) is 1. The van der Waals surface area contributed by atoms with Gasteiger partial charge in [-0.3, -0.25) is 10.1 Å². The van der Waals surface area contributed by atoms with E-state index >= 15 is 0 Å². The molecule has 5 heteroatoms. The molecule has 1 saturated heterocycles. The second-order valence-corrected chi connectivity index (χ2v) is 4.00. The minimum Gasteiger partial charge on any atom is -0.381 e. The number of nitro groups is 1. The molecule has 1 aromatic carbocycles. The Morgan fingerprint density at radius 3 is 3.06 bits per heavy atom. The van der Waals surface area contributed by atoms with Crippen LogP contribution in [0.1, 0.15) is 12.8 Å². The Morgan fingerprint density at radius 1 is 1.50 bits per heavy atom. The summed E-state index contributed by atoms with van der Waals surface area (Å²) < 4.78 is 0. The standard InChI is InChI=1S/C11H15N3O2/c15-14(16)11-5-1-3-9(7-11)13-10-4-2-6-12-8-10/h1,3,5,7,10,12-13H,2,4,6,8H2. The van der Waals surface area contributed by atoms with Crippen LogP contribution in [0.15, 0.2) is 24.3 Å². The minimum atomic E-state index is -0.371. The maximum Gasteiger partial charge on any atom is 0.271 e. The van der Waals surface area contributed by atoms with E-state index in [0.717, 1.165) is 31.6 Å². The number of rotatable bonds is 3. The number of non-ortho nitro benzene ring substituents is 1. The van der Waals surface area contributed by atoms with Gasteiger partial charge in [0.05, 0.1) is 4.92 Å². The Hall–Kier alpha value is -1.62. The van der Waals surface area contributed by atoms with Crippen LogP contribution in [0.5, 0.6) is 0 Å². The van der Waals surface area contributed by atoms with Crippen LogP contribution >= 0.6 is 0 Å². The summed E-state index contributed by atoms with van der Waals surface area (Å²) >= 11 is 0. The molecule has 1 atom stereocenters. The molecule has 0 amide bonds. The predicted octanol–water partition coefficient (Wildman–Crippen LogP) is 1.76. The molecular formula is C11H15N3O2. The number of nitrogens with one attached hydrogen (secondary N) is 2. The van der Waals surface area contributed by atoms with Crippen molar-refractivity contribution in [2.45, 2.75) is 18.9 Å². The van der Waals surface area contributed by atoms with Crippen molar-refractivity contribution in [3.05, 3.63) is 34.4 Å². The maximum atomic E-state index is 10.6. The zero-order valence-corrected chi connectivity index (χ0v) is 8.98. The number of hydrogen-bond donors (Lipinski definition) is 2. The van der Waals surface area contributed by atoms with E-state index < -0.39 is 0 Å². The molecule has 2 rings (SSSR count). The predicted molar refractivity (Wildman–Crippen MR) is 62.6 cm³/mol. The highest BCUT2D eigenvalue weighted by Crippen LogP contribution is 2.19. The second kappa shape index (κ2) is 4.94. The molecule has 0 spiro atoms. The van der Waals surface area contributed by atoms with Gasteiger partial charge in [0, 0.05) is 30.4 Å². The Balaban J connectivity index is 2.02. The molecule has 1 aromatic rings. The van der Waals surface area contributed by atoms with Gasteiger partial charge >= 0.3 is 0 Å². The number of hydrogen-bond acceptors (Lipinski definition) is 4. The fourth-order valence-corrected chi connectivity index (χ4v) is 1.92. The van der Waals surface area contributed by atoms with E-state index in [9.17, 15) is 10.1 Å². The topological polar surface area (TPSA) is 67.2 Å². The average molecular weight is 221 g/mol. The van der Waals surface area contributed by atoms with Crippen LogP contribution < -0.4 is 10.6 Å². The van der Waals surface area contributed by atoms with Gasteiger partial charge in [-0.2, -0.15) is 0 Å². The lowest BCUT2D eigenvalue weighted by atomic mass is 10.1. The molecule has 1 aliphatic heterocycles. The van der Waals surface area contributed by atoms with E-state index in [-0.39, 0.29) is 10.6 Å². The van der Waals surface area contributed by atoms with Gasteiger partial charge in [0.2, 0.25) is 0 Å². The van der Waals surface area contributed by atoms with Crippen LogP contribution in [-0.2, 0) is 0 Å². The van der Waals surface area contributed by atoms with Crippen molar-refractivity contribution in [2.75, 3.05) is 18.4 Å². The summed E-state index contributed by atoms with van der Waals surface area (Å²) in [5.41, 5.74) is 0.955. The summed E-state index contributed by atoms with van der Waals surface area (Å²) in [7, 11) is 0. The van der Waals surface area contributed by atoms with Gasteiger partial charge < -0.3 is 10.6 Å². The lowest BCUT2D eigenvalue weighted by Crippen LogP contribution is -2.38. The lowest BCUT2D eigenvalue weighted by Gasteiger charge is -2.24. The zero-order chi connectivity index (χ0) is 11.4. The molecule has 16 heavy (non-hydrogen) atoms. The summed E-state index contributed by atoms with van der Waals surface area (Å²) in [6.45, 7) is 1.98. The summed E-state index contributed by atoms with van der Waals surface area (Å²) in [4.78, 5) is 10.2. The van der Waals surface area contributed by atoms with Gasteiger partial charge in [-0.05, 0) is 25.5 Å². The third-order valence-corrected chi connectivity index (χ3v) is 2.72. The van der Waals surface area contributed by atoms with Crippen LogP contribution in [0.25, 0.3) is 0 Å². The van der Waals surface area contributed by atoms with Crippen molar-refractivity contribution in [3.63, 3.8) is 0 Å². The molecule has 5 nitrogen and oxygen atoms in total. The molecule has 0 saturated carbocycles. The Bertz CT molecular complexity index is 375. The third kappa shape index (κ3) is 2.70. The van der Waals surface area contributed by atoms with E-state index in [2.05, 4.69) is 10.6 Å². The normalized spacial score (nSPS) is 20.4. The fraction of sp³-hybridized carbons (Fsp3) is 0.455. The van der Waals surface area contributed by atoms with Crippen molar-refractivity contribution in [1.82, 2.24) is 5.32 Å². The quantitative estimate of drug-likeness (QED) is 0.603. The maximum absolute atomic E-state index is 10.6. The SMILES string of the molecule is O=[N+]([O-])c1cccc(NC2CCCNC2)c1. The van der Waals surface area contributed by atoms with E-state index in [1.165, 1.54) is 6.07 Å². The van der Waals surface area contributed by atoms with Gasteiger partial charge in [0.1, 0.15) is 0 Å². The molecular weight excluding hydrogens is 206 g/mol. The Kier molecular flexibility index (Phi) is 3.36. The van der Waals surface area contributed by atoms with Crippen LogP contribution in [-0.4, -0.2) is 24.1 Å². The van der Waals surface area contributed by atoms with Crippen molar-refractivity contribution in [3.8, 4) is 0 Å². The highest BCUT2D eigenvalue weighted by Gasteiger charge is 2.13. The van der Waals surface area contributed by atoms with Gasteiger partial charge in [0.25, 0.3) is 5.69 Å². The number of anilines is 1. The van der Waals surface area contributed by atoms with Crippen LogP contribution in [0.3, 0.4) is 0 Å². The lowest BCUT2D eigenvalue weighted by molar-refractivity contribution is -0.384. The molecule has 1 aliphatic rings. The van der Waals surface area contributed by atoms with E-state index in [0.29, 0.717) is 6.04 Å². The van der Waals surface area contributed by atoms with Crippen LogP contribution in [0, 0.1) is 10.1 Å². The monoisotopic (exact) mass is 221 g/mol. The fourth-order valence-electron chi connectivity index (χ4n) is 1.92. The first-order chi connectivity index (χ1) is 7.75. The first-order valence-corrected chi connectivity index (χ1v) is 5.47. The van der Waals surface area contributed by atoms with Crippen molar-refractivity contribution in [1.29, 1.82) is 0 Å². The molecule has 86 valence electrons. The first-order valence-electron chi connectivity index (χ1n) is 5.47. The largest absolute Gasteiger partial charge is 0.381 e. The summed E-state index contributed by atoms with van der Waals surface area (Å²) in [5.74, 6) is 0. The van der Waals surface area contributed by atoms with E-state index in [4.69, 9.17) is 0 Å². The van der Waals surface area contributed by atoms with Crippen LogP contribution in [0.4, 0.5) is 11.4 Å². The third-order valence-electron chi connectivity index (χ3n) is 2.72. The summed E-state index contributed by atoms with van der Waals surface area (Å²) in [5, 5.41) is 17.2. The number of piperidine rings is 1. The van der Waals surface area contributed by atoms with E-state index in [1.807, 2.05) is 6.07 Å². The minimum absolute atomic E-state index is 0.133. The van der Waals surface area contributed by atoms with Gasteiger partial charge in [-0.15, -0.1) is 0 Å².